The summed E-state index contributed by atoms with van der Waals surface area (Å²) in [5.41, 5.74) is -1.03. The minimum atomic E-state index is -1.01. The monoisotopic (exact) mass is 780 g/mol. The molecule has 7 aliphatic rings. The Morgan fingerprint density at radius 3 is 1.45 bits per heavy atom. The molecule has 1 spiro atoms. The molecule has 0 saturated carbocycles. The molecule has 7 rings (SSSR count). The van der Waals surface area contributed by atoms with Gasteiger partial charge in [-0.05, 0) is 124 Å². The lowest BCUT2D eigenvalue weighted by Crippen LogP contribution is -2.56. The lowest BCUT2D eigenvalue weighted by molar-refractivity contribution is -0.496. The van der Waals surface area contributed by atoms with Gasteiger partial charge in [-0.3, -0.25) is 24.9 Å². The fourth-order valence-electron chi connectivity index (χ4n) is 10.7. The summed E-state index contributed by atoms with van der Waals surface area (Å²) in [7, 11) is 1.00. The zero-order chi connectivity index (χ0) is 39.9. The maximum absolute atomic E-state index is 12.4. The van der Waals surface area contributed by atoms with Crippen molar-refractivity contribution in [2.75, 3.05) is 66.2 Å². The number of rotatable bonds is 8. The Balaban J connectivity index is 0.000000203. The number of nitro groups is 1. The first-order chi connectivity index (χ1) is 26.4. The first-order valence-electron chi connectivity index (χ1n) is 20.5. The van der Waals surface area contributed by atoms with Gasteiger partial charge in [0, 0.05) is 60.1 Å². The number of hydrogen-bond donors (Lipinski definition) is 2. The Kier molecular flexibility index (Phi) is 14.6. The van der Waals surface area contributed by atoms with Gasteiger partial charge < -0.3 is 38.9 Å². The molecule has 6 atom stereocenters. The Morgan fingerprint density at radius 2 is 1.11 bits per heavy atom. The molecule has 2 N–H and O–H groups in total. The van der Waals surface area contributed by atoms with Gasteiger partial charge >= 0.3 is 18.2 Å². The molecule has 3 amide bonds. The maximum Gasteiger partial charge on any atom is 0.410 e. The Morgan fingerprint density at radius 1 is 0.709 bits per heavy atom. The third-order valence-electron chi connectivity index (χ3n) is 13.5. The predicted molar refractivity (Wildman–Crippen MR) is 199 cm³/mol. The van der Waals surface area contributed by atoms with Crippen molar-refractivity contribution in [1.29, 1.82) is 0 Å². The number of ether oxygens (including phenoxy) is 3. The largest absolute Gasteiger partial charge is 0.465 e. The number of esters is 1. The molecule has 0 aromatic heterocycles. The maximum atomic E-state index is 12.4. The van der Waals surface area contributed by atoms with Crippen molar-refractivity contribution in [1.82, 2.24) is 24.7 Å². The highest BCUT2D eigenvalue weighted by Crippen LogP contribution is 2.44. The van der Waals surface area contributed by atoms with Crippen molar-refractivity contribution in [3.05, 3.63) is 10.1 Å². The molecule has 7 heterocycles. The fourth-order valence-corrected chi connectivity index (χ4v) is 10.7. The lowest BCUT2D eigenvalue weighted by atomic mass is 9.77. The lowest BCUT2D eigenvalue weighted by Gasteiger charge is -2.46. The second-order valence-corrected chi connectivity index (χ2v) is 16.4. The number of piperidine rings is 4. The van der Waals surface area contributed by atoms with Crippen LogP contribution in [0.1, 0.15) is 104 Å². The van der Waals surface area contributed by atoms with Crippen LogP contribution in [0.15, 0.2) is 0 Å². The van der Waals surface area contributed by atoms with E-state index >= 15 is 0 Å². The number of hydrogen-bond acceptors (Lipinski definition) is 13. The fraction of sp³-hybridized carbons (Fsp3) is 0.895. The van der Waals surface area contributed by atoms with Crippen LogP contribution in [0.2, 0.25) is 0 Å². The zero-order valence-corrected chi connectivity index (χ0v) is 33.3. The van der Waals surface area contributed by atoms with E-state index < -0.39 is 16.3 Å². The minimum Gasteiger partial charge on any atom is -0.465 e. The van der Waals surface area contributed by atoms with Gasteiger partial charge in [0.05, 0.1) is 26.4 Å². The van der Waals surface area contributed by atoms with Gasteiger partial charge in [-0.15, -0.1) is 0 Å². The van der Waals surface area contributed by atoms with Crippen LogP contribution in [-0.4, -0.2) is 166 Å². The van der Waals surface area contributed by atoms with E-state index in [-0.39, 0.29) is 48.7 Å². The number of aliphatic hydroxyl groups excluding tert-OH is 1. The van der Waals surface area contributed by atoms with Crippen molar-refractivity contribution < 1.29 is 48.6 Å². The normalized spacial score (nSPS) is 30.9. The third-order valence-corrected chi connectivity index (χ3v) is 13.5. The summed E-state index contributed by atoms with van der Waals surface area (Å²) >= 11 is 0. The highest BCUT2D eigenvalue weighted by molar-refractivity contribution is 5.78. The summed E-state index contributed by atoms with van der Waals surface area (Å²) in [6.45, 7) is 9.86. The quantitative estimate of drug-likeness (QED) is 0.120. The summed E-state index contributed by atoms with van der Waals surface area (Å²) in [6.07, 6.45) is 11.0. The van der Waals surface area contributed by atoms with Crippen molar-refractivity contribution in [2.45, 2.75) is 140 Å². The molecule has 7 saturated heterocycles. The molecule has 7 fully saturated rings. The third kappa shape index (κ3) is 9.48. The summed E-state index contributed by atoms with van der Waals surface area (Å²) in [6, 6.07) is 1.93. The van der Waals surface area contributed by atoms with E-state index in [0.29, 0.717) is 76.3 Å². The van der Waals surface area contributed by atoms with Crippen LogP contribution in [0.5, 0.6) is 0 Å². The van der Waals surface area contributed by atoms with Gasteiger partial charge in [0.1, 0.15) is 5.41 Å². The van der Waals surface area contributed by atoms with E-state index in [2.05, 4.69) is 9.80 Å². The summed E-state index contributed by atoms with van der Waals surface area (Å²) in [5, 5.41) is 28.7. The second kappa shape index (κ2) is 18.8. The van der Waals surface area contributed by atoms with Crippen LogP contribution in [-0.2, 0) is 23.8 Å². The predicted octanol–water partition coefficient (Wildman–Crippen LogP) is 3.51. The Bertz CT molecular complexity index is 1330. The van der Waals surface area contributed by atoms with Crippen LogP contribution in [0.4, 0.5) is 9.59 Å². The van der Waals surface area contributed by atoms with Gasteiger partial charge in [0.25, 0.3) is 0 Å². The second-order valence-electron chi connectivity index (χ2n) is 16.4. The van der Waals surface area contributed by atoms with E-state index in [1.54, 1.807) is 6.92 Å². The highest BCUT2D eigenvalue weighted by atomic mass is 16.6. The van der Waals surface area contributed by atoms with Crippen LogP contribution in [0.25, 0.3) is 0 Å². The molecule has 55 heavy (non-hydrogen) atoms. The Hall–Kier alpha value is -3.28. The minimum absolute atomic E-state index is 0.0209. The molecule has 0 aliphatic carbocycles. The average Bonchev–Trinajstić information content (AvgIpc) is 3.71. The number of hydroxylamine groups is 2. The number of amides is 3. The average molecular weight is 781 g/mol. The van der Waals surface area contributed by atoms with E-state index in [4.69, 9.17) is 19.3 Å². The van der Waals surface area contributed by atoms with Crippen LogP contribution in [0.3, 0.4) is 0 Å². The highest BCUT2D eigenvalue weighted by Gasteiger charge is 2.52. The van der Waals surface area contributed by atoms with E-state index in [1.165, 1.54) is 0 Å². The summed E-state index contributed by atoms with van der Waals surface area (Å²) in [4.78, 5) is 68.1. The van der Waals surface area contributed by atoms with Gasteiger partial charge in [-0.25, -0.2) is 14.7 Å². The topological polar surface area (TPSA) is 196 Å². The van der Waals surface area contributed by atoms with Gasteiger partial charge in [0.2, 0.25) is 12.5 Å². The Labute approximate surface area is 324 Å². The van der Waals surface area contributed by atoms with Crippen molar-refractivity contribution in [3.8, 4) is 0 Å². The number of fused-ring (bicyclic) bond motifs is 4. The molecule has 4 unspecified atom stereocenters. The first-order valence-corrected chi connectivity index (χ1v) is 20.5. The molecule has 312 valence electrons. The van der Waals surface area contributed by atoms with Gasteiger partial charge in [-0.2, -0.15) is 0 Å². The SMILES string of the molecule is CCOC(=O)N1C2CC[C@@H]1CC(N1CCC(C[N+](=O)[O-])(C(=O)OCC)CC1)C2.CCOC(=O)N1C2CC[C@@H]1CC(N1CCC3(CC1)CC(=O)N(O)C3)C2.CO. The molecule has 17 heteroatoms. The standard InChI is InChI=1S/C19H31N3O6.C18H29N3O4.CH4O/c1-3-27-17(23)19(13-21(25)26)7-9-20(10-8-19)16-11-14-5-6-15(12-16)22(14)18(24)28-4-2;1-2-25-17(23)21-13-3-4-14(21)10-15(9-13)19-7-5-18(6-8-19)11-16(22)20(24)12-18;1-2/h14-16H,3-13H2,1-2H3;13-15,24H,2-12H2,1H3;2H,1H3/t14-,15?,16?;13-,14?,15?;/m11./s1. The molecule has 0 aromatic rings. The van der Waals surface area contributed by atoms with Crippen molar-refractivity contribution >= 4 is 24.1 Å². The van der Waals surface area contributed by atoms with Gasteiger partial charge in [-0.1, -0.05) is 0 Å². The molecule has 4 bridgehead atoms. The first kappa shape index (κ1) is 42.9. The molecule has 0 aromatic carbocycles. The van der Waals surface area contributed by atoms with E-state index in [9.17, 15) is 34.5 Å². The number of carbonyl (C=O) groups is 4. The smallest absolute Gasteiger partial charge is 0.410 e. The van der Waals surface area contributed by atoms with Crippen LogP contribution < -0.4 is 0 Å². The zero-order valence-electron chi connectivity index (χ0n) is 33.3. The number of aliphatic hydroxyl groups is 1. The van der Waals surface area contributed by atoms with Crippen molar-refractivity contribution in [3.63, 3.8) is 0 Å². The van der Waals surface area contributed by atoms with Crippen molar-refractivity contribution in [2.24, 2.45) is 10.8 Å². The van der Waals surface area contributed by atoms with Crippen LogP contribution in [0, 0.1) is 20.9 Å². The van der Waals surface area contributed by atoms with Crippen LogP contribution >= 0.6 is 0 Å². The number of likely N-dealkylation sites (tertiary alicyclic amines) is 2. The molecular formula is C38H64N6O11. The number of carbonyl (C=O) groups excluding carboxylic acids is 4. The van der Waals surface area contributed by atoms with Gasteiger partial charge in [0.15, 0.2) is 0 Å². The van der Waals surface area contributed by atoms with E-state index in [1.807, 2.05) is 23.6 Å². The summed E-state index contributed by atoms with van der Waals surface area (Å²) in [5.74, 6) is -0.571. The molecular weight excluding hydrogens is 716 g/mol. The molecule has 7 aliphatic heterocycles. The van der Waals surface area contributed by atoms with E-state index in [0.717, 1.165) is 89.5 Å². The molecule has 0 radical (unpaired) electrons. The summed E-state index contributed by atoms with van der Waals surface area (Å²) < 4.78 is 15.6. The number of nitrogens with zero attached hydrogens (tertiary/aromatic N) is 6. The molecule has 17 nitrogen and oxygen atoms in total.